The largest absolute Gasteiger partial charge is 0.378 e. The first-order valence-corrected chi connectivity index (χ1v) is 8.18. The number of pyridine rings is 2. The molecule has 1 aliphatic heterocycles. The molecule has 2 aromatic rings. The van der Waals surface area contributed by atoms with Gasteiger partial charge in [-0.3, -0.25) is 14.8 Å². The Morgan fingerprint density at radius 1 is 1.17 bits per heavy atom. The standard InChI is InChI=1S/C18H22N4O2/c23-18(9-17-14-24-8-7-21-17)22(12-15-3-1-5-19-10-15)13-16-4-2-6-20-11-16/h1-6,10-11,17,21H,7-9,12-14H2. The van der Waals surface area contributed by atoms with Gasteiger partial charge in [0.1, 0.15) is 0 Å². The molecule has 3 rings (SSSR count). The molecule has 1 amide bonds. The van der Waals surface area contributed by atoms with Crippen LogP contribution in [0.1, 0.15) is 17.5 Å². The zero-order chi connectivity index (χ0) is 16.6. The summed E-state index contributed by atoms with van der Waals surface area (Å²) in [5.41, 5.74) is 2.03. The Morgan fingerprint density at radius 3 is 2.33 bits per heavy atom. The van der Waals surface area contributed by atoms with Crippen LogP contribution in [0.5, 0.6) is 0 Å². The Labute approximate surface area is 141 Å². The highest BCUT2D eigenvalue weighted by Gasteiger charge is 2.21. The smallest absolute Gasteiger partial charge is 0.224 e. The first kappa shape index (κ1) is 16.5. The number of ether oxygens (including phenoxy) is 1. The van der Waals surface area contributed by atoms with Gasteiger partial charge in [-0.25, -0.2) is 0 Å². The summed E-state index contributed by atoms with van der Waals surface area (Å²) in [6.07, 6.45) is 7.50. The van der Waals surface area contributed by atoms with E-state index in [4.69, 9.17) is 4.74 Å². The second-order valence-electron chi connectivity index (χ2n) is 5.90. The molecule has 126 valence electrons. The third-order valence-electron chi connectivity index (χ3n) is 3.96. The van der Waals surface area contributed by atoms with E-state index in [0.29, 0.717) is 32.7 Å². The minimum atomic E-state index is 0.0801. The molecule has 0 spiro atoms. The molecule has 24 heavy (non-hydrogen) atoms. The van der Waals surface area contributed by atoms with Crippen LogP contribution >= 0.6 is 0 Å². The maximum atomic E-state index is 12.8. The lowest BCUT2D eigenvalue weighted by Crippen LogP contribution is -2.45. The molecular weight excluding hydrogens is 304 g/mol. The molecule has 6 heteroatoms. The number of aromatic nitrogens is 2. The third kappa shape index (κ3) is 4.84. The lowest BCUT2D eigenvalue weighted by atomic mass is 10.1. The van der Waals surface area contributed by atoms with Gasteiger partial charge in [-0.15, -0.1) is 0 Å². The Morgan fingerprint density at radius 2 is 1.83 bits per heavy atom. The van der Waals surface area contributed by atoms with Gasteiger partial charge in [0.25, 0.3) is 0 Å². The summed E-state index contributed by atoms with van der Waals surface area (Å²) in [5.74, 6) is 0.103. The maximum absolute atomic E-state index is 12.8. The van der Waals surface area contributed by atoms with E-state index < -0.39 is 0 Å². The Balaban J connectivity index is 1.69. The van der Waals surface area contributed by atoms with Gasteiger partial charge in [-0.1, -0.05) is 12.1 Å². The molecule has 1 unspecified atom stereocenters. The van der Waals surface area contributed by atoms with Crippen LogP contribution in [0.3, 0.4) is 0 Å². The van der Waals surface area contributed by atoms with E-state index >= 15 is 0 Å². The van der Waals surface area contributed by atoms with Crippen LogP contribution in [-0.2, 0) is 22.6 Å². The Hall–Kier alpha value is -2.31. The summed E-state index contributed by atoms with van der Waals surface area (Å²) < 4.78 is 5.45. The molecular formula is C18H22N4O2. The van der Waals surface area contributed by atoms with Gasteiger partial charge in [-0.2, -0.15) is 0 Å². The summed E-state index contributed by atoms with van der Waals surface area (Å²) in [4.78, 5) is 22.9. The van der Waals surface area contributed by atoms with Gasteiger partial charge in [-0.05, 0) is 23.3 Å². The van der Waals surface area contributed by atoms with Crippen molar-refractivity contribution in [2.24, 2.45) is 0 Å². The number of morpholine rings is 1. The Kier molecular flexibility index (Phi) is 5.87. The average Bonchev–Trinajstić information content (AvgIpc) is 2.64. The van der Waals surface area contributed by atoms with Crippen LogP contribution in [0.4, 0.5) is 0 Å². The van der Waals surface area contributed by atoms with E-state index in [-0.39, 0.29) is 11.9 Å². The minimum Gasteiger partial charge on any atom is -0.378 e. The predicted octanol–water partition coefficient (Wildman–Crippen LogP) is 1.38. The van der Waals surface area contributed by atoms with Gasteiger partial charge in [0.2, 0.25) is 5.91 Å². The van der Waals surface area contributed by atoms with Crippen LogP contribution in [0.15, 0.2) is 49.1 Å². The number of carbonyl (C=O) groups is 1. The SMILES string of the molecule is O=C(CC1COCCN1)N(Cc1cccnc1)Cc1cccnc1. The number of amides is 1. The number of nitrogens with one attached hydrogen (secondary N) is 1. The first-order chi connectivity index (χ1) is 11.8. The number of hydrogen-bond acceptors (Lipinski definition) is 5. The van der Waals surface area contributed by atoms with Crippen LogP contribution in [0.2, 0.25) is 0 Å². The van der Waals surface area contributed by atoms with Gasteiger partial charge in [0.05, 0.1) is 13.2 Å². The highest BCUT2D eigenvalue weighted by atomic mass is 16.5. The Bertz CT molecular complexity index is 588. The molecule has 1 N–H and O–H groups in total. The van der Waals surface area contributed by atoms with Crippen molar-refractivity contribution >= 4 is 5.91 Å². The number of rotatable bonds is 6. The fourth-order valence-corrected chi connectivity index (χ4v) is 2.75. The lowest BCUT2D eigenvalue weighted by molar-refractivity contribution is -0.133. The molecule has 1 fully saturated rings. The van der Waals surface area contributed by atoms with Crippen LogP contribution in [0, 0.1) is 0 Å². The van der Waals surface area contributed by atoms with Crippen molar-refractivity contribution in [2.45, 2.75) is 25.6 Å². The second-order valence-corrected chi connectivity index (χ2v) is 5.90. The summed E-state index contributed by atoms with van der Waals surface area (Å²) in [6, 6.07) is 7.82. The van der Waals surface area contributed by atoms with E-state index in [0.717, 1.165) is 17.7 Å². The molecule has 0 radical (unpaired) electrons. The summed E-state index contributed by atoms with van der Waals surface area (Å²) >= 11 is 0. The molecule has 0 bridgehead atoms. The molecule has 1 atom stereocenters. The second kappa shape index (κ2) is 8.52. The normalized spacial score (nSPS) is 17.4. The third-order valence-corrected chi connectivity index (χ3v) is 3.96. The molecule has 1 saturated heterocycles. The fourth-order valence-electron chi connectivity index (χ4n) is 2.75. The van der Waals surface area contributed by atoms with Gasteiger partial charge >= 0.3 is 0 Å². The molecule has 2 aromatic heterocycles. The van der Waals surface area contributed by atoms with Crippen molar-refractivity contribution in [2.75, 3.05) is 19.8 Å². The van der Waals surface area contributed by atoms with Crippen molar-refractivity contribution in [3.63, 3.8) is 0 Å². The zero-order valence-corrected chi connectivity index (χ0v) is 13.6. The van der Waals surface area contributed by atoms with Gasteiger partial charge in [0.15, 0.2) is 0 Å². The number of carbonyl (C=O) groups excluding carboxylic acids is 1. The highest BCUT2D eigenvalue weighted by molar-refractivity contribution is 5.76. The van der Waals surface area contributed by atoms with Crippen molar-refractivity contribution < 1.29 is 9.53 Å². The monoisotopic (exact) mass is 326 g/mol. The summed E-state index contributed by atoms with van der Waals surface area (Å²) in [5, 5.41) is 3.34. The zero-order valence-electron chi connectivity index (χ0n) is 13.6. The molecule has 0 aliphatic carbocycles. The quantitative estimate of drug-likeness (QED) is 0.869. The average molecular weight is 326 g/mol. The van der Waals surface area contributed by atoms with E-state index in [1.807, 2.05) is 29.2 Å². The summed E-state index contributed by atoms with van der Waals surface area (Å²) in [7, 11) is 0. The lowest BCUT2D eigenvalue weighted by Gasteiger charge is -2.28. The van der Waals surface area contributed by atoms with Crippen LogP contribution in [-0.4, -0.2) is 46.6 Å². The van der Waals surface area contributed by atoms with E-state index in [9.17, 15) is 4.79 Å². The first-order valence-electron chi connectivity index (χ1n) is 8.18. The number of nitrogens with zero attached hydrogens (tertiary/aromatic N) is 3. The molecule has 0 saturated carbocycles. The van der Waals surface area contributed by atoms with E-state index in [1.165, 1.54) is 0 Å². The van der Waals surface area contributed by atoms with Crippen LogP contribution < -0.4 is 5.32 Å². The molecule has 3 heterocycles. The molecule has 6 nitrogen and oxygen atoms in total. The van der Waals surface area contributed by atoms with Crippen molar-refractivity contribution in [3.05, 3.63) is 60.2 Å². The predicted molar refractivity (Wildman–Crippen MR) is 90.0 cm³/mol. The van der Waals surface area contributed by atoms with Crippen molar-refractivity contribution in [3.8, 4) is 0 Å². The van der Waals surface area contributed by atoms with Gasteiger partial charge in [0, 0.05) is 56.9 Å². The highest BCUT2D eigenvalue weighted by Crippen LogP contribution is 2.12. The topological polar surface area (TPSA) is 67.3 Å². The van der Waals surface area contributed by atoms with Crippen molar-refractivity contribution in [1.29, 1.82) is 0 Å². The number of hydrogen-bond donors (Lipinski definition) is 1. The van der Waals surface area contributed by atoms with E-state index in [2.05, 4.69) is 15.3 Å². The fraction of sp³-hybridized carbons (Fsp3) is 0.389. The minimum absolute atomic E-state index is 0.0801. The van der Waals surface area contributed by atoms with Gasteiger partial charge < -0.3 is 15.0 Å². The molecule has 0 aromatic carbocycles. The van der Waals surface area contributed by atoms with Crippen molar-refractivity contribution in [1.82, 2.24) is 20.2 Å². The summed E-state index contributed by atoms with van der Waals surface area (Å²) in [6.45, 7) is 3.16. The van der Waals surface area contributed by atoms with Crippen LogP contribution in [0.25, 0.3) is 0 Å². The van der Waals surface area contributed by atoms with E-state index in [1.54, 1.807) is 24.8 Å². The maximum Gasteiger partial charge on any atom is 0.224 e. The molecule has 1 aliphatic rings.